The average Bonchev–Trinajstić information content (AvgIpc) is 3.00. The number of hydrogen-bond donors (Lipinski definition) is 1. The third-order valence-electron chi connectivity index (χ3n) is 2.61. The fourth-order valence-corrected chi connectivity index (χ4v) is 3.28. The van der Waals surface area contributed by atoms with Gasteiger partial charge in [-0.25, -0.2) is 4.98 Å². The van der Waals surface area contributed by atoms with E-state index < -0.39 is 4.92 Å². The largest absolute Gasteiger partial charge is 0.384 e. The van der Waals surface area contributed by atoms with Gasteiger partial charge >= 0.3 is 0 Å². The molecule has 0 saturated heterocycles. The summed E-state index contributed by atoms with van der Waals surface area (Å²) in [7, 11) is 0. The van der Waals surface area contributed by atoms with Crippen molar-refractivity contribution in [3.8, 4) is 6.07 Å². The number of hydrogen-bond acceptors (Lipinski definition) is 7. The van der Waals surface area contributed by atoms with Gasteiger partial charge in [-0.15, -0.1) is 11.3 Å². The second-order valence-corrected chi connectivity index (χ2v) is 6.26. The lowest BCUT2D eigenvalue weighted by atomic mass is 10.1. The van der Waals surface area contributed by atoms with E-state index >= 15 is 0 Å². The van der Waals surface area contributed by atoms with Gasteiger partial charge in [-0.1, -0.05) is 11.8 Å². The maximum atomic E-state index is 10.7. The van der Waals surface area contributed by atoms with Crippen molar-refractivity contribution in [2.75, 3.05) is 17.6 Å². The number of non-ortho nitro benzene ring substituents is 1. The Morgan fingerprint density at radius 3 is 3.05 bits per heavy atom. The van der Waals surface area contributed by atoms with Crippen LogP contribution in [0.25, 0.3) is 0 Å². The van der Waals surface area contributed by atoms with Crippen LogP contribution in [0.4, 0.5) is 11.4 Å². The summed E-state index contributed by atoms with van der Waals surface area (Å²) in [4.78, 5) is 14.3. The first-order valence-electron chi connectivity index (χ1n) is 6.15. The van der Waals surface area contributed by atoms with Crippen molar-refractivity contribution in [2.45, 2.75) is 10.8 Å². The van der Waals surface area contributed by atoms with Crippen LogP contribution in [0, 0.1) is 21.4 Å². The molecule has 8 heteroatoms. The number of nitriles is 1. The summed E-state index contributed by atoms with van der Waals surface area (Å²) >= 11 is 3.30. The highest BCUT2D eigenvalue weighted by atomic mass is 32.2. The van der Waals surface area contributed by atoms with E-state index in [-0.39, 0.29) is 11.3 Å². The molecular formula is C13H12N4O2S2. The number of thioether (sulfide) groups is 1. The van der Waals surface area contributed by atoms with E-state index in [4.69, 9.17) is 5.26 Å². The number of aromatic nitrogens is 1. The molecule has 0 unspecified atom stereocenters. The van der Waals surface area contributed by atoms with Crippen molar-refractivity contribution < 1.29 is 4.92 Å². The Kier molecular flexibility index (Phi) is 5.54. The number of nitro groups is 1. The second-order valence-electron chi connectivity index (χ2n) is 4.03. The highest BCUT2D eigenvalue weighted by Crippen LogP contribution is 2.23. The molecule has 6 nitrogen and oxygen atoms in total. The first-order valence-corrected chi connectivity index (χ1v) is 8.02. The zero-order valence-electron chi connectivity index (χ0n) is 11.0. The standard InChI is InChI=1S/C13H12N4O2S2/c14-9-10-8-11(17(18)19)2-3-12(10)15-4-1-6-20-13-16-5-7-21-13/h2-3,5,7-8,15H,1,4,6H2. The van der Waals surface area contributed by atoms with Gasteiger partial charge in [0, 0.05) is 36.0 Å². The number of benzene rings is 1. The number of thiazole rings is 1. The lowest BCUT2D eigenvalue weighted by Crippen LogP contribution is -2.04. The van der Waals surface area contributed by atoms with E-state index in [1.807, 2.05) is 11.4 Å². The van der Waals surface area contributed by atoms with Crippen molar-refractivity contribution in [1.29, 1.82) is 5.26 Å². The highest BCUT2D eigenvalue weighted by Gasteiger charge is 2.10. The zero-order chi connectivity index (χ0) is 15.1. The number of nitrogens with one attached hydrogen (secondary N) is 1. The fraction of sp³-hybridized carbons (Fsp3) is 0.231. The summed E-state index contributed by atoms with van der Waals surface area (Å²) < 4.78 is 1.04. The van der Waals surface area contributed by atoms with Gasteiger partial charge in [0.2, 0.25) is 0 Å². The lowest BCUT2D eigenvalue weighted by molar-refractivity contribution is -0.384. The molecule has 2 rings (SSSR count). The molecule has 1 N–H and O–H groups in total. The molecule has 0 fully saturated rings. The first kappa shape index (κ1) is 15.3. The molecule has 1 aromatic carbocycles. The van der Waals surface area contributed by atoms with Gasteiger partial charge < -0.3 is 5.32 Å². The molecule has 0 spiro atoms. The molecule has 0 atom stereocenters. The number of rotatable bonds is 7. The van der Waals surface area contributed by atoms with Crippen LogP contribution < -0.4 is 5.32 Å². The van der Waals surface area contributed by atoms with Crippen LogP contribution in [-0.4, -0.2) is 22.2 Å². The molecule has 0 bridgehead atoms. The van der Waals surface area contributed by atoms with Crippen molar-refractivity contribution >= 4 is 34.5 Å². The minimum absolute atomic E-state index is 0.0728. The van der Waals surface area contributed by atoms with E-state index in [0.717, 1.165) is 16.5 Å². The van der Waals surface area contributed by atoms with Crippen molar-refractivity contribution in [2.24, 2.45) is 0 Å². The summed E-state index contributed by atoms with van der Waals surface area (Å²) in [6.07, 6.45) is 2.69. The Morgan fingerprint density at radius 1 is 1.52 bits per heavy atom. The van der Waals surface area contributed by atoms with Gasteiger partial charge in [0.15, 0.2) is 0 Å². The van der Waals surface area contributed by atoms with E-state index in [0.29, 0.717) is 12.2 Å². The Hall–Kier alpha value is -2.11. The van der Waals surface area contributed by atoms with Crippen LogP contribution in [0.5, 0.6) is 0 Å². The van der Waals surface area contributed by atoms with Gasteiger partial charge in [0.25, 0.3) is 5.69 Å². The first-order chi connectivity index (χ1) is 10.2. The lowest BCUT2D eigenvalue weighted by Gasteiger charge is -2.07. The Balaban J connectivity index is 1.83. The van der Waals surface area contributed by atoms with Gasteiger partial charge in [-0.3, -0.25) is 10.1 Å². The van der Waals surface area contributed by atoms with Crippen LogP contribution in [0.1, 0.15) is 12.0 Å². The predicted molar refractivity (Wildman–Crippen MR) is 83.8 cm³/mol. The SMILES string of the molecule is N#Cc1cc([N+](=O)[O-])ccc1NCCCSc1nccs1. The van der Waals surface area contributed by atoms with E-state index in [1.165, 1.54) is 12.1 Å². The Labute approximate surface area is 130 Å². The monoisotopic (exact) mass is 320 g/mol. The van der Waals surface area contributed by atoms with Crippen LogP contribution in [0.15, 0.2) is 34.1 Å². The van der Waals surface area contributed by atoms with Crippen LogP contribution >= 0.6 is 23.1 Å². The molecule has 0 aliphatic carbocycles. The Bertz CT molecular complexity index is 653. The third kappa shape index (κ3) is 4.44. The zero-order valence-corrected chi connectivity index (χ0v) is 12.6. The van der Waals surface area contributed by atoms with Crippen LogP contribution in [0.2, 0.25) is 0 Å². The summed E-state index contributed by atoms with van der Waals surface area (Å²) in [5.74, 6) is 0.926. The fourth-order valence-electron chi connectivity index (χ4n) is 1.63. The minimum Gasteiger partial charge on any atom is -0.384 e. The van der Waals surface area contributed by atoms with Crippen LogP contribution in [0.3, 0.4) is 0 Å². The van der Waals surface area contributed by atoms with E-state index in [1.54, 1.807) is 35.4 Å². The highest BCUT2D eigenvalue weighted by molar-refractivity contribution is 8.00. The molecular weight excluding hydrogens is 308 g/mol. The number of nitrogens with zero attached hydrogens (tertiary/aromatic N) is 3. The van der Waals surface area contributed by atoms with Gasteiger partial charge in [-0.2, -0.15) is 5.26 Å². The minimum atomic E-state index is -0.505. The molecule has 2 aromatic rings. The van der Waals surface area contributed by atoms with Gasteiger partial charge in [-0.05, 0) is 12.5 Å². The quantitative estimate of drug-likeness (QED) is 0.363. The molecule has 0 radical (unpaired) electrons. The molecule has 0 aliphatic heterocycles. The van der Waals surface area contributed by atoms with E-state index in [9.17, 15) is 10.1 Å². The summed E-state index contributed by atoms with van der Waals surface area (Å²) in [6, 6.07) is 6.23. The normalized spacial score (nSPS) is 10.0. The number of anilines is 1. The summed E-state index contributed by atoms with van der Waals surface area (Å²) in [5.41, 5.74) is 0.843. The Morgan fingerprint density at radius 2 is 2.38 bits per heavy atom. The average molecular weight is 320 g/mol. The molecule has 21 heavy (non-hydrogen) atoms. The molecule has 0 saturated carbocycles. The third-order valence-corrected chi connectivity index (χ3v) is 4.66. The van der Waals surface area contributed by atoms with Crippen molar-refractivity contribution in [3.63, 3.8) is 0 Å². The maximum absolute atomic E-state index is 10.7. The predicted octanol–water partition coefficient (Wildman–Crippen LogP) is 3.52. The molecule has 1 heterocycles. The molecule has 1 aromatic heterocycles. The topological polar surface area (TPSA) is 91.8 Å². The molecule has 0 amide bonds. The van der Waals surface area contributed by atoms with E-state index in [2.05, 4.69) is 10.3 Å². The molecule has 0 aliphatic rings. The smallest absolute Gasteiger partial charge is 0.270 e. The van der Waals surface area contributed by atoms with Crippen molar-refractivity contribution in [3.05, 3.63) is 45.5 Å². The number of nitro benzene ring substituents is 1. The van der Waals surface area contributed by atoms with Crippen LogP contribution in [-0.2, 0) is 0 Å². The summed E-state index contributed by atoms with van der Waals surface area (Å²) in [6.45, 7) is 0.699. The van der Waals surface area contributed by atoms with Gasteiger partial charge in [0.1, 0.15) is 10.4 Å². The molecule has 108 valence electrons. The van der Waals surface area contributed by atoms with Gasteiger partial charge in [0.05, 0.1) is 16.2 Å². The van der Waals surface area contributed by atoms with Crippen molar-refractivity contribution in [1.82, 2.24) is 4.98 Å². The second kappa shape index (κ2) is 7.61. The maximum Gasteiger partial charge on any atom is 0.270 e. The summed E-state index contributed by atoms with van der Waals surface area (Å²) in [5, 5.41) is 24.8.